The maximum Gasteiger partial charge on any atom is 0.0468 e. The van der Waals surface area contributed by atoms with Crippen molar-refractivity contribution in [1.82, 2.24) is 0 Å². The first-order chi connectivity index (χ1) is 8.35. The third-order valence-corrected chi connectivity index (χ3v) is 3.61. The van der Waals surface area contributed by atoms with Gasteiger partial charge in [-0.05, 0) is 18.8 Å². The third-order valence-electron chi connectivity index (χ3n) is 3.61. The van der Waals surface area contributed by atoms with Gasteiger partial charge >= 0.3 is 0 Å². The summed E-state index contributed by atoms with van der Waals surface area (Å²) in [5.41, 5.74) is 0. The Morgan fingerprint density at radius 3 is 2.00 bits per heavy atom. The molecule has 0 amide bonds. The molecule has 0 N–H and O–H groups in total. The number of ether oxygens (including phenoxy) is 1. The topological polar surface area (TPSA) is 9.23 Å². The second-order valence-corrected chi connectivity index (χ2v) is 5.06. The summed E-state index contributed by atoms with van der Waals surface area (Å²) in [4.78, 5) is 0. The lowest BCUT2D eigenvalue weighted by Crippen LogP contribution is -2.04. The zero-order chi connectivity index (χ0) is 12.8. The summed E-state index contributed by atoms with van der Waals surface area (Å²) < 4.78 is 5.69. The Hall–Kier alpha value is -0.0400. The van der Waals surface area contributed by atoms with Crippen LogP contribution in [0, 0.1) is 12.8 Å². The van der Waals surface area contributed by atoms with Crippen molar-refractivity contribution in [1.29, 1.82) is 0 Å². The van der Waals surface area contributed by atoms with Crippen LogP contribution >= 0.6 is 0 Å². The summed E-state index contributed by atoms with van der Waals surface area (Å²) in [5.74, 6) is 0.873. The van der Waals surface area contributed by atoms with Crippen molar-refractivity contribution in [2.75, 3.05) is 13.2 Å². The minimum Gasteiger partial charge on any atom is -0.381 e. The van der Waals surface area contributed by atoms with Crippen LogP contribution < -0.4 is 0 Å². The summed E-state index contributed by atoms with van der Waals surface area (Å²) in [6.45, 7) is 10.4. The summed E-state index contributed by atoms with van der Waals surface area (Å²) in [6.07, 6.45) is 12.9. The van der Waals surface area contributed by atoms with Crippen LogP contribution in [0.4, 0.5) is 0 Å². The Kier molecular flexibility index (Phi) is 14.0. The zero-order valence-electron chi connectivity index (χ0n) is 12.2. The van der Waals surface area contributed by atoms with Crippen LogP contribution in [0.5, 0.6) is 0 Å². The quantitative estimate of drug-likeness (QED) is 0.393. The molecule has 0 unspecified atom stereocenters. The van der Waals surface area contributed by atoms with E-state index in [-0.39, 0.29) is 0 Å². The Morgan fingerprint density at radius 2 is 1.41 bits per heavy atom. The fourth-order valence-electron chi connectivity index (χ4n) is 2.14. The molecule has 0 fully saturated rings. The van der Waals surface area contributed by atoms with Crippen LogP contribution in [0.15, 0.2) is 0 Å². The van der Waals surface area contributed by atoms with E-state index in [1.165, 1.54) is 57.8 Å². The van der Waals surface area contributed by atoms with Gasteiger partial charge in [-0.3, -0.25) is 0 Å². The molecule has 0 spiro atoms. The lowest BCUT2D eigenvalue weighted by Gasteiger charge is -2.11. The van der Waals surface area contributed by atoms with Gasteiger partial charge in [0.25, 0.3) is 0 Å². The van der Waals surface area contributed by atoms with E-state index in [1.807, 2.05) is 0 Å². The Bertz CT molecular complexity index is 129. The maximum atomic E-state index is 5.69. The normalized spacial score (nSPS) is 11.3. The van der Waals surface area contributed by atoms with Crippen LogP contribution in [0.1, 0.15) is 78.1 Å². The first kappa shape index (κ1) is 17.0. The van der Waals surface area contributed by atoms with Gasteiger partial charge in [-0.25, -0.2) is 0 Å². The summed E-state index contributed by atoms with van der Waals surface area (Å²) >= 11 is 0. The molecule has 1 nitrogen and oxygen atoms in total. The van der Waals surface area contributed by atoms with Crippen molar-refractivity contribution < 1.29 is 4.74 Å². The maximum absolute atomic E-state index is 5.69. The molecule has 0 saturated carbocycles. The molecule has 0 heterocycles. The van der Waals surface area contributed by atoms with Crippen LogP contribution in [-0.2, 0) is 4.74 Å². The molecule has 0 aromatic rings. The van der Waals surface area contributed by atoms with Crippen molar-refractivity contribution in [3.63, 3.8) is 0 Å². The Morgan fingerprint density at radius 1 is 0.824 bits per heavy atom. The minimum absolute atomic E-state index is 0.873. The molecule has 0 aliphatic rings. The minimum atomic E-state index is 0.873. The molecule has 0 rings (SSSR count). The molecule has 0 aliphatic carbocycles. The van der Waals surface area contributed by atoms with E-state index >= 15 is 0 Å². The number of hydrogen-bond donors (Lipinski definition) is 0. The SMILES string of the molecule is [CH2]CCCCCCCCOCCC(CC)CC. The Balaban J connectivity index is 3.03. The predicted molar refractivity (Wildman–Crippen MR) is 77.2 cm³/mol. The van der Waals surface area contributed by atoms with Gasteiger partial charge in [0.05, 0.1) is 0 Å². The van der Waals surface area contributed by atoms with E-state index < -0.39 is 0 Å². The van der Waals surface area contributed by atoms with Crippen LogP contribution in [0.3, 0.4) is 0 Å². The number of unbranched alkanes of at least 4 members (excludes halogenated alkanes) is 6. The predicted octanol–water partition coefficient (Wildman–Crippen LogP) is 5.39. The highest BCUT2D eigenvalue weighted by atomic mass is 16.5. The molecular weight excluding hydrogens is 208 g/mol. The van der Waals surface area contributed by atoms with E-state index in [9.17, 15) is 0 Å². The van der Waals surface area contributed by atoms with Gasteiger partial charge in [-0.1, -0.05) is 72.1 Å². The molecule has 17 heavy (non-hydrogen) atoms. The van der Waals surface area contributed by atoms with E-state index in [2.05, 4.69) is 20.8 Å². The molecule has 0 aromatic carbocycles. The van der Waals surface area contributed by atoms with E-state index in [4.69, 9.17) is 4.74 Å². The van der Waals surface area contributed by atoms with Crippen LogP contribution in [0.2, 0.25) is 0 Å². The van der Waals surface area contributed by atoms with Crippen molar-refractivity contribution in [3.05, 3.63) is 6.92 Å². The second-order valence-electron chi connectivity index (χ2n) is 5.06. The Labute approximate surface area is 109 Å². The zero-order valence-corrected chi connectivity index (χ0v) is 12.2. The summed E-state index contributed by atoms with van der Waals surface area (Å²) in [5, 5.41) is 0. The standard InChI is InChI=1S/C16H33O/c1-4-7-8-9-10-11-12-14-17-15-13-16(5-2)6-3/h16H,1,4-15H2,2-3H3. The monoisotopic (exact) mass is 241 g/mol. The van der Waals surface area contributed by atoms with Gasteiger partial charge in [-0.15, -0.1) is 0 Å². The van der Waals surface area contributed by atoms with E-state index in [1.54, 1.807) is 0 Å². The average Bonchev–Trinajstić information content (AvgIpc) is 2.36. The number of hydrogen-bond acceptors (Lipinski definition) is 1. The smallest absolute Gasteiger partial charge is 0.0468 e. The van der Waals surface area contributed by atoms with Gasteiger partial charge in [0.2, 0.25) is 0 Å². The van der Waals surface area contributed by atoms with Crippen molar-refractivity contribution in [2.45, 2.75) is 78.1 Å². The fraction of sp³-hybridized carbons (Fsp3) is 0.938. The molecule has 0 atom stereocenters. The first-order valence-electron chi connectivity index (χ1n) is 7.72. The van der Waals surface area contributed by atoms with Crippen LogP contribution in [0.25, 0.3) is 0 Å². The van der Waals surface area contributed by atoms with Gasteiger partial charge in [0.15, 0.2) is 0 Å². The molecular formula is C16H33O. The molecule has 1 heteroatoms. The van der Waals surface area contributed by atoms with E-state index in [0.29, 0.717) is 0 Å². The highest BCUT2D eigenvalue weighted by Gasteiger charge is 2.02. The van der Waals surface area contributed by atoms with Crippen molar-refractivity contribution in [3.8, 4) is 0 Å². The third kappa shape index (κ3) is 12.2. The van der Waals surface area contributed by atoms with Crippen LogP contribution in [-0.4, -0.2) is 13.2 Å². The summed E-state index contributed by atoms with van der Waals surface area (Å²) in [6, 6.07) is 0. The van der Waals surface area contributed by atoms with E-state index in [0.717, 1.165) is 25.6 Å². The lowest BCUT2D eigenvalue weighted by molar-refractivity contribution is 0.115. The van der Waals surface area contributed by atoms with Gasteiger partial charge in [0, 0.05) is 13.2 Å². The first-order valence-corrected chi connectivity index (χ1v) is 7.72. The average molecular weight is 241 g/mol. The lowest BCUT2D eigenvalue weighted by atomic mass is 10.0. The molecule has 0 saturated heterocycles. The van der Waals surface area contributed by atoms with Gasteiger partial charge in [0.1, 0.15) is 0 Å². The van der Waals surface area contributed by atoms with Gasteiger partial charge in [-0.2, -0.15) is 0 Å². The molecule has 0 aromatic heterocycles. The summed E-state index contributed by atoms with van der Waals surface area (Å²) in [7, 11) is 0. The molecule has 0 aliphatic heterocycles. The highest BCUT2D eigenvalue weighted by Crippen LogP contribution is 2.12. The second kappa shape index (κ2) is 14.0. The van der Waals surface area contributed by atoms with Gasteiger partial charge < -0.3 is 4.74 Å². The highest BCUT2D eigenvalue weighted by molar-refractivity contribution is 4.53. The molecule has 1 radical (unpaired) electrons. The molecule has 103 valence electrons. The number of rotatable bonds is 13. The fourth-order valence-corrected chi connectivity index (χ4v) is 2.14. The molecule has 0 bridgehead atoms. The van der Waals surface area contributed by atoms with Crippen molar-refractivity contribution in [2.24, 2.45) is 5.92 Å². The van der Waals surface area contributed by atoms with Crippen molar-refractivity contribution >= 4 is 0 Å². The largest absolute Gasteiger partial charge is 0.381 e.